The summed E-state index contributed by atoms with van der Waals surface area (Å²) < 4.78 is 11.0. The van der Waals surface area contributed by atoms with E-state index in [9.17, 15) is 9.90 Å². The lowest BCUT2D eigenvalue weighted by Crippen LogP contribution is -2.55. The molecule has 2 saturated heterocycles. The molecule has 0 aromatic carbocycles. The fraction of sp³-hybridized carbons (Fsp3) is 0.727. The minimum atomic E-state index is -1.18. The van der Waals surface area contributed by atoms with Gasteiger partial charge in [0, 0.05) is 24.7 Å². The van der Waals surface area contributed by atoms with Crippen LogP contribution in [0, 0.1) is 0 Å². The predicted octanol–water partition coefficient (Wildman–Crippen LogP) is 2.97. The number of piperidine rings is 1. The maximum Gasteiger partial charge on any atom is 0.410 e. The van der Waals surface area contributed by atoms with E-state index in [0.29, 0.717) is 11.7 Å². The van der Waals surface area contributed by atoms with Crippen molar-refractivity contribution in [1.82, 2.24) is 15.5 Å². The minimum absolute atomic E-state index is 0.180. The normalized spacial score (nSPS) is 26.3. The number of ether oxygens (including phenoxy) is 1. The summed E-state index contributed by atoms with van der Waals surface area (Å²) in [7, 11) is 0. The smallest absolute Gasteiger partial charge is 0.410 e. The van der Waals surface area contributed by atoms with Crippen molar-refractivity contribution in [2.24, 2.45) is 4.99 Å². The van der Waals surface area contributed by atoms with Crippen LogP contribution in [-0.4, -0.2) is 58.9 Å². The fourth-order valence-electron chi connectivity index (χ4n) is 4.32. The fourth-order valence-corrected chi connectivity index (χ4v) is 4.32. The number of fused-ring (bicyclic) bond motifs is 2. The van der Waals surface area contributed by atoms with Crippen molar-refractivity contribution in [3.8, 4) is 0 Å². The highest BCUT2D eigenvalue weighted by Crippen LogP contribution is 2.36. The van der Waals surface area contributed by atoms with Crippen LogP contribution in [0.25, 0.3) is 0 Å². The molecule has 0 saturated carbocycles. The maximum absolute atomic E-state index is 12.6. The molecule has 8 nitrogen and oxygen atoms in total. The third-order valence-corrected chi connectivity index (χ3v) is 5.62. The lowest BCUT2D eigenvalue weighted by molar-refractivity contribution is 0.00540. The molecule has 2 aliphatic heterocycles. The van der Waals surface area contributed by atoms with Gasteiger partial charge >= 0.3 is 6.09 Å². The molecule has 168 valence electrons. The average molecular weight is 421 g/mol. The molecule has 3 atom stereocenters. The molecule has 3 heterocycles. The highest BCUT2D eigenvalue weighted by Gasteiger charge is 2.45. The molecule has 1 aromatic heterocycles. The van der Waals surface area contributed by atoms with E-state index >= 15 is 0 Å². The van der Waals surface area contributed by atoms with Gasteiger partial charge in [0.25, 0.3) is 0 Å². The second-order valence-electron chi connectivity index (χ2n) is 9.53. The van der Waals surface area contributed by atoms with Crippen molar-refractivity contribution in [2.75, 3.05) is 13.1 Å². The number of carbonyl (C=O) groups excluding carboxylic acids is 1. The summed E-state index contributed by atoms with van der Waals surface area (Å²) in [6, 6.07) is 4.09. The van der Waals surface area contributed by atoms with Gasteiger partial charge in [-0.1, -0.05) is 0 Å². The van der Waals surface area contributed by atoms with Crippen LogP contribution < -0.4 is 10.6 Å². The van der Waals surface area contributed by atoms with Crippen molar-refractivity contribution in [3.63, 3.8) is 0 Å². The molecule has 2 bridgehead atoms. The molecule has 2 aliphatic rings. The number of aliphatic imine (C=N–C) groups is 1. The van der Waals surface area contributed by atoms with E-state index in [4.69, 9.17) is 9.15 Å². The van der Waals surface area contributed by atoms with E-state index in [1.165, 1.54) is 0 Å². The zero-order valence-corrected chi connectivity index (χ0v) is 18.8. The van der Waals surface area contributed by atoms with Crippen molar-refractivity contribution < 1.29 is 19.1 Å². The largest absolute Gasteiger partial charge is 0.466 e. The highest BCUT2D eigenvalue weighted by molar-refractivity contribution is 5.80. The lowest BCUT2D eigenvalue weighted by Gasteiger charge is -2.40. The monoisotopic (exact) mass is 420 g/mol. The van der Waals surface area contributed by atoms with Crippen LogP contribution in [0.1, 0.15) is 66.1 Å². The number of amides is 1. The Morgan fingerprint density at radius 1 is 1.30 bits per heavy atom. The number of hydrogen-bond donors (Lipinski definition) is 3. The predicted molar refractivity (Wildman–Crippen MR) is 115 cm³/mol. The summed E-state index contributed by atoms with van der Waals surface area (Å²) in [5.41, 5.74) is -1.66. The quantitative estimate of drug-likeness (QED) is 0.500. The molecule has 30 heavy (non-hydrogen) atoms. The second kappa shape index (κ2) is 8.88. The van der Waals surface area contributed by atoms with Gasteiger partial charge < -0.3 is 29.8 Å². The Kier molecular flexibility index (Phi) is 6.65. The Morgan fingerprint density at radius 3 is 2.50 bits per heavy atom. The molecule has 0 radical (unpaired) electrons. The SMILES string of the molecule is CCNC(=NCC(C)(O)c1ccco1)NC1CC2CCC(C1)N2C(=O)OC(C)(C)C. The Balaban J connectivity index is 1.62. The first kappa shape index (κ1) is 22.5. The summed E-state index contributed by atoms with van der Waals surface area (Å²) in [6.45, 7) is 10.3. The highest BCUT2D eigenvalue weighted by atomic mass is 16.6. The van der Waals surface area contributed by atoms with Gasteiger partial charge in [0.2, 0.25) is 0 Å². The third kappa shape index (κ3) is 5.47. The molecule has 1 aromatic rings. The number of guanidine groups is 1. The summed E-state index contributed by atoms with van der Waals surface area (Å²) >= 11 is 0. The summed E-state index contributed by atoms with van der Waals surface area (Å²) in [4.78, 5) is 19.2. The summed E-state index contributed by atoms with van der Waals surface area (Å²) in [5, 5.41) is 17.4. The Morgan fingerprint density at radius 2 is 1.97 bits per heavy atom. The van der Waals surface area contributed by atoms with E-state index in [1.807, 2.05) is 32.6 Å². The van der Waals surface area contributed by atoms with Gasteiger partial charge in [0.05, 0.1) is 12.8 Å². The zero-order valence-electron chi connectivity index (χ0n) is 18.8. The molecule has 3 N–H and O–H groups in total. The molecule has 8 heteroatoms. The lowest BCUT2D eigenvalue weighted by atomic mass is 9.98. The summed E-state index contributed by atoms with van der Waals surface area (Å²) in [5.74, 6) is 1.16. The zero-order chi connectivity index (χ0) is 21.9. The molecule has 2 fully saturated rings. The van der Waals surface area contributed by atoms with E-state index in [1.54, 1.807) is 25.3 Å². The first-order valence-corrected chi connectivity index (χ1v) is 10.9. The molecule has 1 amide bonds. The van der Waals surface area contributed by atoms with E-state index in [2.05, 4.69) is 15.6 Å². The topological polar surface area (TPSA) is 99.3 Å². The van der Waals surface area contributed by atoms with Crippen LogP contribution in [0.4, 0.5) is 4.79 Å². The number of nitrogens with zero attached hydrogens (tertiary/aromatic N) is 2. The minimum Gasteiger partial charge on any atom is -0.466 e. The van der Waals surface area contributed by atoms with Gasteiger partial charge in [-0.25, -0.2) is 9.79 Å². The van der Waals surface area contributed by atoms with Gasteiger partial charge in [-0.15, -0.1) is 0 Å². The molecular weight excluding hydrogens is 384 g/mol. The first-order chi connectivity index (χ1) is 14.1. The Bertz CT molecular complexity index is 725. The molecular formula is C22H36N4O4. The van der Waals surface area contributed by atoms with Crippen molar-refractivity contribution in [1.29, 1.82) is 0 Å². The molecule has 3 rings (SSSR count). The number of nitrogens with one attached hydrogen (secondary N) is 2. The average Bonchev–Trinajstić information content (AvgIpc) is 3.26. The number of furan rings is 1. The second-order valence-corrected chi connectivity index (χ2v) is 9.53. The summed E-state index contributed by atoms with van der Waals surface area (Å²) in [6.07, 6.45) is 5.06. The number of aliphatic hydroxyl groups is 1. The molecule has 0 aliphatic carbocycles. The van der Waals surface area contributed by atoms with E-state index in [-0.39, 0.29) is 30.8 Å². The van der Waals surface area contributed by atoms with Gasteiger partial charge in [-0.05, 0) is 72.4 Å². The van der Waals surface area contributed by atoms with E-state index < -0.39 is 11.2 Å². The van der Waals surface area contributed by atoms with Crippen LogP contribution >= 0.6 is 0 Å². The van der Waals surface area contributed by atoms with E-state index in [0.717, 1.165) is 32.2 Å². The van der Waals surface area contributed by atoms with Crippen molar-refractivity contribution in [3.05, 3.63) is 24.2 Å². The van der Waals surface area contributed by atoms with Crippen LogP contribution in [0.2, 0.25) is 0 Å². The number of hydrogen-bond acceptors (Lipinski definition) is 5. The van der Waals surface area contributed by atoms with Crippen LogP contribution in [0.5, 0.6) is 0 Å². The first-order valence-electron chi connectivity index (χ1n) is 10.9. The van der Waals surface area contributed by atoms with Crippen LogP contribution in [-0.2, 0) is 10.3 Å². The standard InChI is InChI=1S/C22H36N4O4/c1-6-23-19(24-14-22(5,28)18-8-7-11-29-18)25-15-12-16-9-10-17(13-15)26(16)20(27)30-21(2,3)4/h7-8,11,15-17,28H,6,9-10,12-14H2,1-5H3,(H2,23,24,25). The Hall–Kier alpha value is -2.22. The van der Waals surface area contributed by atoms with Gasteiger partial charge in [0.1, 0.15) is 17.0 Å². The van der Waals surface area contributed by atoms with Crippen LogP contribution in [0.15, 0.2) is 27.8 Å². The number of rotatable bonds is 5. The van der Waals surface area contributed by atoms with Crippen molar-refractivity contribution in [2.45, 2.75) is 89.6 Å². The number of carbonyl (C=O) groups is 1. The van der Waals surface area contributed by atoms with Crippen LogP contribution in [0.3, 0.4) is 0 Å². The Labute approximate surface area is 179 Å². The third-order valence-electron chi connectivity index (χ3n) is 5.62. The molecule has 3 unspecified atom stereocenters. The van der Waals surface area contributed by atoms with Gasteiger partial charge in [-0.3, -0.25) is 0 Å². The maximum atomic E-state index is 12.6. The van der Waals surface area contributed by atoms with Gasteiger partial charge in [-0.2, -0.15) is 0 Å². The van der Waals surface area contributed by atoms with Gasteiger partial charge in [0.15, 0.2) is 5.96 Å². The van der Waals surface area contributed by atoms with Crippen molar-refractivity contribution >= 4 is 12.1 Å². The molecule has 0 spiro atoms.